The topological polar surface area (TPSA) is 46.2 Å². The zero-order valence-electron chi connectivity index (χ0n) is 9.99. The maximum Gasteiger partial charge on any atom is 0.238 e. The molecule has 0 radical (unpaired) electrons. The minimum absolute atomic E-state index is 0.108. The van der Waals surface area contributed by atoms with Crippen molar-refractivity contribution in [2.75, 3.05) is 0 Å². The number of fused-ring (bicyclic) bond motifs is 1. The van der Waals surface area contributed by atoms with Gasteiger partial charge in [-0.05, 0) is 23.5 Å². The Labute approximate surface area is 100 Å². The van der Waals surface area contributed by atoms with E-state index < -0.39 is 5.41 Å². The van der Waals surface area contributed by atoms with E-state index in [0.29, 0.717) is 12.3 Å². The first-order valence-corrected chi connectivity index (χ1v) is 6.01. The highest BCUT2D eigenvalue weighted by Crippen LogP contribution is 2.57. The number of carbonyl (C=O) groups is 2. The Hall–Kier alpha value is -1.64. The van der Waals surface area contributed by atoms with Gasteiger partial charge in [0.25, 0.3) is 0 Å². The summed E-state index contributed by atoms with van der Waals surface area (Å²) < 4.78 is 0. The molecular weight excluding hydrogens is 214 g/mol. The fourth-order valence-corrected chi connectivity index (χ4v) is 2.76. The lowest BCUT2D eigenvalue weighted by Crippen LogP contribution is -2.30. The lowest BCUT2D eigenvalue weighted by Gasteiger charge is -2.12. The molecule has 88 valence electrons. The zero-order chi connectivity index (χ0) is 12.2. The molecule has 0 unspecified atom stereocenters. The van der Waals surface area contributed by atoms with E-state index in [9.17, 15) is 9.59 Å². The Morgan fingerprint density at radius 1 is 1.24 bits per heavy atom. The summed E-state index contributed by atoms with van der Waals surface area (Å²) in [5.74, 6) is 0.128. The van der Waals surface area contributed by atoms with Gasteiger partial charge in [-0.3, -0.25) is 14.9 Å². The van der Waals surface area contributed by atoms with E-state index in [-0.39, 0.29) is 17.7 Å². The molecule has 17 heavy (non-hydrogen) atoms. The van der Waals surface area contributed by atoms with Crippen LogP contribution >= 0.6 is 0 Å². The molecule has 1 saturated heterocycles. The van der Waals surface area contributed by atoms with Gasteiger partial charge in [0.15, 0.2) is 0 Å². The molecule has 3 rings (SSSR count). The van der Waals surface area contributed by atoms with Gasteiger partial charge in [0.2, 0.25) is 11.8 Å². The monoisotopic (exact) mass is 229 g/mol. The van der Waals surface area contributed by atoms with Crippen LogP contribution in [0.2, 0.25) is 0 Å². The van der Waals surface area contributed by atoms with Gasteiger partial charge in [-0.1, -0.05) is 38.1 Å². The number of amides is 2. The molecule has 1 N–H and O–H groups in total. The standard InChI is InChI=1S/C14H15NO2/c1-8(2)9-3-5-10(6-4-9)14-7-11(14)12(16)15-13(14)17/h3-6,8,11H,7H2,1-2H3,(H,15,16,17)/t11-,14+/m1/s1. The molecule has 0 bridgehead atoms. The Morgan fingerprint density at radius 3 is 2.29 bits per heavy atom. The van der Waals surface area contributed by atoms with Crippen LogP contribution in [0.4, 0.5) is 0 Å². The van der Waals surface area contributed by atoms with Crippen LogP contribution in [-0.2, 0) is 15.0 Å². The Morgan fingerprint density at radius 2 is 1.88 bits per heavy atom. The van der Waals surface area contributed by atoms with Crippen LogP contribution < -0.4 is 5.32 Å². The van der Waals surface area contributed by atoms with Crippen LogP contribution in [0.5, 0.6) is 0 Å². The van der Waals surface area contributed by atoms with Crippen molar-refractivity contribution >= 4 is 11.8 Å². The SMILES string of the molecule is CC(C)c1ccc([C@@]23C[C@@H]2C(=O)NC3=O)cc1. The highest BCUT2D eigenvalue weighted by atomic mass is 16.2. The second kappa shape index (κ2) is 3.19. The summed E-state index contributed by atoms with van der Waals surface area (Å²) in [5.41, 5.74) is 1.70. The Balaban J connectivity index is 1.96. The van der Waals surface area contributed by atoms with Crippen molar-refractivity contribution in [2.24, 2.45) is 5.92 Å². The van der Waals surface area contributed by atoms with Crippen molar-refractivity contribution in [2.45, 2.75) is 31.6 Å². The van der Waals surface area contributed by atoms with Crippen LogP contribution in [0, 0.1) is 5.92 Å². The number of piperidine rings is 1. The summed E-state index contributed by atoms with van der Waals surface area (Å²) in [6, 6.07) is 8.10. The van der Waals surface area contributed by atoms with Crippen LogP contribution in [-0.4, -0.2) is 11.8 Å². The second-order valence-corrected chi connectivity index (χ2v) is 5.32. The molecule has 2 aliphatic rings. The average molecular weight is 229 g/mol. The zero-order valence-corrected chi connectivity index (χ0v) is 9.99. The molecule has 1 saturated carbocycles. The third-order valence-corrected chi connectivity index (χ3v) is 4.01. The quantitative estimate of drug-likeness (QED) is 0.785. The van der Waals surface area contributed by atoms with Gasteiger partial charge in [0, 0.05) is 0 Å². The number of imide groups is 1. The fraction of sp³-hybridized carbons (Fsp3) is 0.429. The summed E-state index contributed by atoms with van der Waals surface area (Å²) in [5, 5.41) is 2.42. The largest absolute Gasteiger partial charge is 0.295 e. The number of nitrogens with one attached hydrogen (secondary N) is 1. The molecule has 1 aliphatic heterocycles. The van der Waals surface area contributed by atoms with Crippen molar-refractivity contribution in [3.63, 3.8) is 0 Å². The first-order valence-electron chi connectivity index (χ1n) is 6.01. The van der Waals surface area contributed by atoms with Crippen molar-refractivity contribution < 1.29 is 9.59 Å². The van der Waals surface area contributed by atoms with E-state index in [0.717, 1.165) is 5.56 Å². The van der Waals surface area contributed by atoms with Crippen LogP contribution in [0.3, 0.4) is 0 Å². The molecule has 1 aromatic carbocycles. The van der Waals surface area contributed by atoms with Gasteiger partial charge in [-0.15, -0.1) is 0 Å². The number of carbonyl (C=O) groups excluding carboxylic acids is 2. The Bertz CT molecular complexity index is 503. The molecule has 2 atom stereocenters. The van der Waals surface area contributed by atoms with Crippen molar-refractivity contribution in [1.82, 2.24) is 5.32 Å². The maximum absolute atomic E-state index is 11.8. The first-order chi connectivity index (χ1) is 8.05. The number of benzene rings is 1. The highest BCUT2D eigenvalue weighted by molar-refractivity contribution is 6.15. The molecule has 1 aliphatic carbocycles. The summed E-state index contributed by atoms with van der Waals surface area (Å²) in [6.07, 6.45) is 0.679. The van der Waals surface area contributed by atoms with Crippen LogP contribution in [0.1, 0.15) is 37.3 Å². The minimum Gasteiger partial charge on any atom is -0.295 e. The van der Waals surface area contributed by atoms with Gasteiger partial charge < -0.3 is 0 Å². The summed E-state index contributed by atoms with van der Waals surface area (Å²) >= 11 is 0. The highest BCUT2D eigenvalue weighted by Gasteiger charge is 2.69. The van der Waals surface area contributed by atoms with Gasteiger partial charge in [0.1, 0.15) is 0 Å². The maximum atomic E-state index is 11.8. The molecule has 0 aromatic heterocycles. The van der Waals surface area contributed by atoms with E-state index in [1.165, 1.54) is 5.56 Å². The number of hydrogen-bond acceptors (Lipinski definition) is 2. The van der Waals surface area contributed by atoms with Crippen LogP contribution in [0.25, 0.3) is 0 Å². The van der Waals surface area contributed by atoms with Crippen LogP contribution in [0.15, 0.2) is 24.3 Å². The van der Waals surface area contributed by atoms with Gasteiger partial charge in [-0.2, -0.15) is 0 Å². The molecular formula is C14H15NO2. The lowest BCUT2D eigenvalue weighted by atomic mass is 9.92. The molecule has 3 nitrogen and oxygen atoms in total. The van der Waals surface area contributed by atoms with Gasteiger partial charge >= 0.3 is 0 Å². The first kappa shape index (κ1) is 10.5. The molecule has 1 heterocycles. The van der Waals surface area contributed by atoms with Gasteiger partial charge in [0.05, 0.1) is 11.3 Å². The second-order valence-electron chi connectivity index (χ2n) is 5.32. The van der Waals surface area contributed by atoms with E-state index >= 15 is 0 Å². The number of rotatable bonds is 2. The van der Waals surface area contributed by atoms with E-state index in [1.54, 1.807) is 0 Å². The predicted octanol–water partition coefficient (Wildman–Crippen LogP) is 1.72. The molecule has 2 amide bonds. The van der Waals surface area contributed by atoms with Crippen molar-refractivity contribution in [1.29, 1.82) is 0 Å². The molecule has 1 aromatic rings. The van der Waals surface area contributed by atoms with E-state index in [2.05, 4.69) is 31.3 Å². The van der Waals surface area contributed by atoms with E-state index in [1.807, 2.05) is 12.1 Å². The van der Waals surface area contributed by atoms with E-state index in [4.69, 9.17) is 0 Å². The average Bonchev–Trinajstić information content (AvgIpc) is 3.00. The smallest absolute Gasteiger partial charge is 0.238 e. The third-order valence-electron chi connectivity index (χ3n) is 4.01. The Kier molecular flexibility index (Phi) is 1.97. The van der Waals surface area contributed by atoms with Crippen molar-refractivity contribution in [3.05, 3.63) is 35.4 Å². The number of hydrogen-bond donors (Lipinski definition) is 1. The third kappa shape index (κ3) is 1.28. The molecule has 3 heteroatoms. The fourth-order valence-electron chi connectivity index (χ4n) is 2.76. The summed E-state index contributed by atoms with van der Waals surface area (Å²) in [4.78, 5) is 23.3. The minimum atomic E-state index is -0.535. The van der Waals surface area contributed by atoms with Crippen molar-refractivity contribution in [3.8, 4) is 0 Å². The van der Waals surface area contributed by atoms with Gasteiger partial charge in [-0.25, -0.2) is 0 Å². The normalized spacial score (nSPS) is 30.4. The molecule has 2 fully saturated rings. The summed E-state index contributed by atoms with van der Waals surface area (Å²) in [7, 11) is 0. The summed E-state index contributed by atoms with van der Waals surface area (Å²) in [6.45, 7) is 4.28. The predicted molar refractivity (Wildman–Crippen MR) is 63.5 cm³/mol. The lowest BCUT2D eigenvalue weighted by molar-refractivity contribution is -0.127. The molecule has 0 spiro atoms.